The molecule has 0 saturated carbocycles. The second-order valence-electron chi connectivity index (χ2n) is 5.63. The van der Waals surface area contributed by atoms with E-state index in [9.17, 15) is 9.59 Å². The number of halogens is 1. The van der Waals surface area contributed by atoms with E-state index < -0.39 is 5.97 Å². The molecule has 0 radical (unpaired) electrons. The SMILES string of the molecule is Cc1oc(C)c(C(=O)OCC(=O)N[C@H](C)c2cccc(Cl)c2)c1C. The van der Waals surface area contributed by atoms with Crippen LogP contribution in [0.15, 0.2) is 28.7 Å². The molecule has 1 atom stereocenters. The van der Waals surface area contributed by atoms with E-state index in [0.717, 1.165) is 11.1 Å². The van der Waals surface area contributed by atoms with Crippen LogP contribution in [0.5, 0.6) is 0 Å². The zero-order valence-electron chi connectivity index (χ0n) is 14.1. The molecule has 2 aromatic rings. The summed E-state index contributed by atoms with van der Waals surface area (Å²) in [6.45, 7) is 6.73. The number of benzene rings is 1. The first-order valence-corrected chi connectivity index (χ1v) is 7.96. The zero-order chi connectivity index (χ0) is 17.9. The number of rotatable bonds is 5. The molecule has 0 aliphatic rings. The zero-order valence-corrected chi connectivity index (χ0v) is 14.9. The Morgan fingerprint density at radius 2 is 1.96 bits per heavy atom. The topological polar surface area (TPSA) is 68.5 Å². The Labute approximate surface area is 145 Å². The fraction of sp³-hybridized carbons (Fsp3) is 0.333. The second kappa shape index (κ2) is 7.53. The van der Waals surface area contributed by atoms with Crippen molar-refractivity contribution in [2.45, 2.75) is 33.7 Å². The fourth-order valence-electron chi connectivity index (χ4n) is 2.44. The molecule has 6 heteroatoms. The van der Waals surface area contributed by atoms with E-state index in [2.05, 4.69) is 5.32 Å². The molecular formula is C18H20ClNO4. The van der Waals surface area contributed by atoms with Gasteiger partial charge in [0.25, 0.3) is 5.91 Å². The Balaban J connectivity index is 1.92. The first-order valence-electron chi connectivity index (χ1n) is 7.58. The van der Waals surface area contributed by atoms with Gasteiger partial charge in [0, 0.05) is 10.6 Å². The molecule has 0 aliphatic carbocycles. The van der Waals surface area contributed by atoms with Crippen LogP contribution in [0.3, 0.4) is 0 Å². The highest BCUT2D eigenvalue weighted by molar-refractivity contribution is 6.30. The van der Waals surface area contributed by atoms with E-state index in [-0.39, 0.29) is 18.6 Å². The van der Waals surface area contributed by atoms with Gasteiger partial charge in [-0.3, -0.25) is 4.79 Å². The van der Waals surface area contributed by atoms with E-state index >= 15 is 0 Å². The quantitative estimate of drug-likeness (QED) is 0.831. The highest BCUT2D eigenvalue weighted by atomic mass is 35.5. The molecule has 5 nitrogen and oxygen atoms in total. The highest BCUT2D eigenvalue weighted by Crippen LogP contribution is 2.21. The number of carbonyl (C=O) groups excluding carboxylic acids is 2. The fourth-order valence-corrected chi connectivity index (χ4v) is 2.64. The lowest BCUT2D eigenvalue weighted by molar-refractivity contribution is -0.124. The number of nitrogens with one attached hydrogen (secondary N) is 1. The number of hydrogen-bond acceptors (Lipinski definition) is 4. The lowest BCUT2D eigenvalue weighted by Crippen LogP contribution is -2.31. The monoisotopic (exact) mass is 349 g/mol. The van der Waals surface area contributed by atoms with Crippen LogP contribution in [0.2, 0.25) is 5.02 Å². The molecule has 2 rings (SSSR count). The molecule has 1 aromatic heterocycles. The van der Waals surface area contributed by atoms with Crippen molar-refractivity contribution in [3.63, 3.8) is 0 Å². The number of amides is 1. The molecule has 1 heterocycles. The normalized spacial score (nSPS) is 11.9. The minimum atomic E-state index is -0.563. The van der Waals surface area contributed by atoms with Crippen LogP contribution >= 0.6 is 11.6 Å². The van der Waals surface area contributed by atoms with E-state index in [0.29, 0.717) is 22.1 Å². The van der Waals surface area contributed by atoms with Gasteiger partial charge in [0.1, 0.15) is 17.1 Å². The van der Waals surface area contributed by atoms with Crippen LogP contribution in [0, 0.1) is 20.8 Å². The van der Waals surface area contributed by atoms with Gasteiger partial charge in [0.2, 0.25) is 0 Å². The van der Waals surface area contributed by atoms with Gasteiger partial charge in [-0.2, -0.15) is 0 Å². The number of ether oxygens (including phenoxy) is 1. The first kappa shape index (κ1) is 18.1. The van der Waals surface area contributed by atoms with Gasteiger partial charge in [-0.15, -0.1) is 0 Å². The van der Waals surface area contributed by atoms with Crippen molar-refractivity contribution in [2.75, 3.05) is 6.61 Å². The standard InChI is InChI=1S/C18H20ClNO4/c1-10-12(3)24-13(4)17(10)18(22)23-9-16(21)20-11(2)14-6-5-7-15(19)8-14/h5-8,11H,9H2,1-4H3,(H,20,21)/t11-/m1/s1. The maximum Gasteiger partial charge on any atom is 0.342 e. The van der Waals surface area contributed by atoms with Crippen molar-refractivity contribution in [3.8, 4) is 0 Å². The number of furan rings is 1. The molecule has 0 saturated heterocycles. The molecule has 0 aliphatic heterocycles. The molecule has 24 heavy (non-hydrogen) atoms. The lowest BCUT2D eigenvalue weighted by atomic mass is 10.1. The second-order valence-corrected chi connectivity index (χ2v) is 6.07. The summed E-state index contributed by atoms with van der Waals surface area (Å²) in [5.74, 6) is 0.208. The smallest absolute Gasteiger partial charge is 0.342 e. The molecule has 128 valence electrons. The first-order chi connectivity index (χ1) is 11.3. The van der Waals surface area contributed by atoms with Crippen LogP contribution in [0.25, 0.3) is 0 Å². The van der Waals surface area contributed by atoms with E-state index in [1.54, 1.807) is 32.9 Å². The lowest BCUT2D eigenvalue weighted by Gasteiger charge is -2.14. The van der Waals surface area contributed by atoms with Crippen molar-refractivity contribution in [1.29, 1.82) is 0 Å². The predicted molar refractivity (Wildman–Crippen MR) is 91.2 cm³/mol. The molecule has 0 unspecified atom stereocenters. The summed E-state index contributed by atoms with van der Waals surface area (Å²) in [6.07, 6.45) is 0. The summed E-state index contributed by atoms with van der Waals surface area (Å²) in [7, 11) is 0. The third-order valence-electron chi connectivity index (χ3n) is 3.83. The van der Waals surface area contributed by atoms with Crippen molar-refractivity contribution in [1.82, 2.24) is 5.32 Å². The highest BCUT2D eigenvalue weighted by Gasteiger charge is 2.21. The Hall–Kier alpha value is -2.27. The minimum Gasteiger partial charge on any atom is -0.465 e. The third kappa shape index (κ3) is 4.17. The summed E-state index contributed by atoms with van der Waals surface area (Å²) in [6, 6.07) is 6.98. The summed E-state index contributed by atoms with van der Waals surface area (Å²) >= 11 is 5.94. The molecule has 0 fully saturated rings. The Morgan fingerprint density at radius 3 is 2.54 bits per heavy atom. The van der Waals surface area contributed by atoms with Crippen LogP contribution in [0.1, 0.15) is 46.0 Å². The third-order valence-corrected chi connectivity index (χ3v) is 4.06. The predicted octanol–water partition coefficient (Wildman–Crippen LogP) is 3.89. The van der Waals surface area contributed by atoms with Gasteiger partial charge in [0.15, 0.2) is 6.61 Å². The number of hydrogen-bond donors (Lipinski definition) is 1. The summed E-state index contributed by atoms with van der Waals surface area (Å²) in [4.78, 5) is 24.1. The van der Waals surface area contributed by atoms with Crippen molar-refractivity contribution in [3.05, 3.63) is 57.5 Å². The average molecular weight is 350 g/mol. The molecule has 0 bridgehead atoms. The average Bonchev–Trinajstić information content (AvgIpc) is 2.77. The Kier molecular flexibility index (Phi) is 5.67. The van der Waals surface area contributed by atoms with Gasteiger partial charge in [-0.1, -0.05) is 23.7 Å². The number of aryl methyl sites for hydroxylation is 2. The number of esters is 1. The largest absolute Gasteiger partial charge is 0.465 e. The summed E-state index contributed by atoms with van der Waals surface area (Å²) in [5, 5.41) is 3.36. The Bertz CT molecular complexity index is 766. The van der Waals surface area contributed by atoms with Crippen LogP contribution < -0.4 is 5.32 Å². The van der Waals surface area contributed by atoms with E-state index in [1.807, 2.05) is 19.1 Å². The maximum atomic E-state index is 12.1. The van der Waals surface area contributed by atoms with E-state index in [4.69, 9.17) is 20.8 Å². The van der Waals surface area contributed by atoms with Crippen LogP contribution in [0.4, 0.5) is 0 Å². The molecule has 0 spiro atoms. The molecule has 1 aromatic carbocycles. The van der Waals surface area contributed by atoms with Crippen LogP contribution in [-0.4, -0.2) is 18.5 Å². The molecular weight excluding hydrogens is 330 g/mol. The van der Waals surface area contributed by atoms with Gasteiger partial charge >= 0.3 is 5.97 Å². The molecule has 1 amide bonds. The number of carbonyl (C=O) groups is 2. The minimum absolute atomic E-state index is 0.241. The van der Waals surface area contributed by atoms with Gasteiger partial charge in [-0.05, 0) is 45.4 Å². The summed E-state index contributed by atoms with van der Waals surface area (Å²) in [5.41, 5.74) is 1.98. The maximum absolute atomic E-state index is 12.1. The molecule has 1 N–H and O–H groups in total. The van der Waals surface area contributed by atoms with Crippen LogP contribution in [-0.2, 0) is 9.53 Å². The van der Waals surface area contributed by atoms with E-state index in [1.165, 1.54) is 0 Å². The van der Waals surface area contributed by atoms with Gasteiger partial charge in [-0.25, -0.2) is 4.79 Å². The van der Waals surface area contributed by atoms with Crippen molar-refractivity contribution in [2.24, 2.45) is 0 Å². The van der Waals surface area contributed by atoms with Crippen molar-refractivity contribution >= 4 is 23.5 Å². The summed E-state index contributed by atoms with van der Waals surface area (Å²) < 4.78 is 10.5. The van der Waals surface area contributed by atoms with Gasteiger partial charge in [0.05, 0.1) is 6.04 Å². The van der Waals surface area contributed by atoms with Gasteiger partial charge < -0.3 is 14.5 Å². The van der Waals surface area contributed by atoms with Crippen molar-refractivity contribution < 1.29 is 18.7 Å². The Morgan fingerprint density at radius 1 is 1.25 bits per heavy atom.